The Hall–Kier alpha value is -3.10. The first kappa shape index (κ1) is 22.2. The molecule has 0 spiro atoms. The smallest absolute Gasteiger partial charge is 0.434 e. The lowest BCUT2D eigenvalue weighted by Crippen LogP contribution is -2.39. The van der Waals surface area contributed by atoms with Crippen LogP contribution in [0.15, 0.2) is 24.3 Å². The first-order chi connectivity index (χ1) is 13.8. The highest BCUT2D eigenvalue weighted by atomic mass is 16.7. The van der Waals surface area contributed by atoms with E-state index in [4.69, 9.17) is 4.74 Å². The summed E-state index contributed by atoms with van der Waals surface area (Å²) in [6.07, 6.45) is -0.586. The molecule has 1 aliphatic rings. The van der Waals surface area contributed by atoms with E-state index in [-0.39, 0.29) is 61.5 Å². The van der Waals surface area contributed by atoms with Crippen LogP contribution < -0.4 is 15.4 Å². The quantitative estimate of drug-likeness (QED) is 0.383. The minimum atomic E-state index is -0.805. The Balaban J connectivity index is 1.71. The molecule has 1 atom stereocenters. The van der Waals surface area contributed by atoms with Crippen LogP contribution in [-0.4, -0.2) is 61.1 Å². The van der Waals surface area contributed by atoms with Gasteiger partial charge in [-0.2, -0.15) is 0 Å². The molecule has 1 aromatic carbocycles. The van der Waals surface area contributed by atoms with Gasteiger partial charge in [0.2, 0.25) is 11.8 Å². The molecule has 0 aromatic heterocycles. The summed E-state index contributed by atoms with van der Waals surface area (Å²) >= 11 is 0. The van der Waals surface area contributed by atoms with E-state index in [9.17, 15) is 19.2 Å². The Morgan fingerprint density at radius 3 is 2.38 bits per heavy atom. The molecule has 1 aromatic rings. The van der Waals surface area contributed by atoms with Crippen LogP contribution in [0, 0.1) is 5.92 Å². The standard InChI is InChI=1S/C20H27N3O6/c1-4-28-20(27)29-16-7-5-14(6-8-16)18(25)21-9-10-22-19(26)15-11-17(24)23(12-15)13(2)3/h5-8,13,15H,4,9-12H2,1-3H3,(H,21,25)(H,22,26). The third-order valence-corrected chi connectivity index (χ3v) is 4.44. The SMILES string of the molecule is CCOC(=O)Oc1ccc(C(=O)NCCNC(=O)C2CC(=O)N(C(C)C)C2)cc1. The lowest BCUT2D eigenvalue weighted by molar-refractivity contribution is -0.129. The van der Waals surface area contributed by atoms with Gasteiger partial charge in [-0.1, -0.05) is 0 Å². The molecule has 3 amide bonds. The molecule has 0 radical (unpaired) electrons. The number of ether oxygens (including phenoxy) is 2. The number of rotatable bonds is 8. The van der Waals surface area contributed by atoms with Crippen LogP contribution in [0.2, 0.25) is 0 Å². The van der Waals surface area contributed by atoms with E-state index in [1.807, 2.05) is 13.8 Å². The van der Waals surface area contributed by atoms with Crippen molar-refractivity contribution in [3.05, 3.63) is 29.8 Å². The highest BCUT2D eigenvalue weighted by Crippen LogP contribution is 2.20. The topological polar surface area (TPSA) is 114 Å². The molecular weight excluding hydrogens is 378 g/mol. The molecule has 9 nitrogen and oxygen atoms in total. The molecule has 29 heavy (non-hydrogen) atoms. The van der Waals surface area contributed by atoms with Crippen molar-refractivity contribution in [1.82, 2.24) is 15.5 Å². The third kappa shape index (κ3) is 6.48. The summed E-state index contributed by atoms with van der Waals surface area (Å²) in [5.41, 5.74) is 0.390. The molecule has 2 N–H and O–H groups in total. The number of carbonyl (C=O) groups excluding carboxylic acids is 4. The number of hydrogen-bond acceptors (Lipinski definition) is 6. The molecule has 1 fully saturated rings. The fraction of sp³-hybridized carbons (Fsp3) is 0.500. The largest absolute Gasteiger partial charge is 0.513 e. The minimum absolute atomic E-state index is 0.0103. The second-order valence-electron chi connectivity index (χ2n) is 6.90. The second-order valence-corrected chi connectivity index (χ2v) is 6.90. The predicted octanol–water partition coefficient (Wildman–Crippen LogP) is 1.32. The monoisotopic (exact) mass is 405 g/mol. The van der Waals surface area contributed by atoms with Crippen molar-refractivity contribution < 1.29 is 28.7 Å². The molecular formula is C20H27N3O6. The molecule has 9 heteroatoms. The summed E-state index contributed by atoms with van der Waals surface area (Å²) < 4.78 is 9.60. The van der Waals surface area contributed by atoms with Crippen molar-refractivity contribution in [3.63, 3.8) is 0 Å². The summed E-state index contributed by atoms with van der Waals surface area (Å²) in [5, 5.41) is 5.45. The number of nitrogens with zero attached hydrogens (tertiary/aromatic N) is 1. The minimum Gasteiger partial charge on any atom is -0.434 e. The molecule has 158 valence electrons. The van der Waals surface area contributed by atoms with Crippen LogP contribution >= 0.6 is 0 Å². The van der Waals surface area contributed by atoms with Crippen molar-refractivity contribution in [2.75, 3.05) is 26.2 Å². The number of carbonyl (C=O) groups is 4. The Bertz CT molecular complexity index is 747. The van der Waals surface area contributed by atoms with Crippen molar-refractivity contribution in [1.29, 1.82) is 0 Å². The Morgan fingerprint density at radius 1 is 1.14 bits per heavy atom. The zero-order chi connectivity index (χ0) is 21.4. The van der Waals surface area contributed by atoms with Gasteiger partial charge < -0.3 is 25.0 Å². The summed E-state index contributed by atoms with van der Waals surface area (Å²) in [4.78, 5) is 49.1. The van der Waals surface area contributed by atoms with E-state index in [2.05, 4.69) is 15.4 Å². The summed E-state index contributed by atoms with van der Waals surface area (Å²) in [6, 6.07) is 6.10. The molecule has 1 unspecified atom stereocenters. The highest BCUT2D eigenvalue weighted by Gasteiger charge is 2.35. The fourth-order valence-electron chi connectivity index (χ4n) is 2.93. The number of likely N-dealkylation sites (tertiary alicyclic amines) is 1. The van der Waals surface area contributed by atoms with Crippen LogP contribution in [-0.2, 0) is 14.3 Å². The maximum Gasteiger partial charge on any atom is 0.513 e. The predicted molar refractivity (Wildman–Crippen MR) is 104 cm³/mol. The molecule has 0 saturated carbocycles. The number of benzene rings is 1. The van der Waals surface area contributed by atoms with Gasteiger partial charge in [-0.3, -0.25) is 14.4 Å². The first-order valence-electron chi connectivity index (χ1n) is 9.61. The van der Waals surface area contributed by atoms with E-state index < -0.39 is 6.16 Å². The van der Waals surface area contributed by atoms with Crippen molar-refractivity contribution in [3.8, 4) is 5.75 Å². The zero-order valence-electron chi connectivity index (χ0n) is 16.9. The van der Waals surface area contributed by atoms with E-state index in [0.717, 1.165) is 0 Å². The van der Waals surface area contributed by atoms with E-state index in [1.165, 1.54) is 24.3 Å². The van der Waals surface area contributed by atoms with Gasteiger partial charge >= 0.3 is 6.16 Å². The van der Waals surface area contributed by atoms with Gasteiger partial charge in [0.15, 0.2) is 0 Å². The number of hydrogen-bond donors (Lipinski definition) is 2. The van der Waals surface area contributed by atoms with E-state index in [0.29, 0.717) is 12.1 Å². The summed E-state index contributed by atoms with van der Waals surface area (Å²) in [5.74, 6) is -0.592. The van der Waals surface area contributed by atoms with Crippen molar-refractivity contribution in [2.45, 2.75) is 33.2 Å². The maximum atomic E-state index is 12.2. The van der Waals surface area contributed by atoms with Crippen LogP contribution in [0.25, 0.3) is 0 Å². The van der Waals surface area contributed by atoms with Crippen molar-refractivity contribution in [2.24, 2.45) is 5.92 Å². The van der Waals surface area contributed by atoms with Gasteiger partial charge in [0.05, 0.1) is 12.5 Å². The van der Waals surface area contributed by atoms with Crippen LogP contribution in [0.3, 0.4) is 0 Å². The fourth-order valence-corrected chi connectivity index (χ4v) is 2.93. The van der Waals surface area contributed by atoms with Gasteiger partial charge in [-0.05, 0) is 45.0 Å². The highest BCUT2D eigenvalue weighted by molar-refractivity contribution is 5.94. The van der Waals surface area contributed by atoms with Crippen LogP contribution in [0.1, 0.15) is 37.6 Å². The molecule has 1 heterocycles. The zero-order valence-corrected chi connectivity index (χ0v) is 16.9. The average molecular weight is 405 g/mol. The van der Waals surface area contributed by atoms with Crippen molar-refractivity contribution >= 4 is 23.9 Å². The van der Waals surface area contributed by atoms with Gasteiger partial charge in [-0.15, -0.1) is 0 Å². The molecule has 0 bridgehead atoms. The van der Waals surface area contributed by atoms with Gasteiger partial charge in [0.25, 0.3) is 5.91 Å². The van der Waals surface area contributed by atoms with E-state index in [1.54, 1.807) is 11.8 Å². The van der Waals surface area contributed by atoms with Gasteiger partial charge in [0.1, 0.15) is 5.75 Å². The Morgan fingerprint density at radius 2 is 1.79 bits per heavy atom. The lowest BCUT2D eigenvalue weighted by atomic mass is 10.1. The first-order valence-corrected chi connectivity index (χ1v) is 9.61. The molecule has 2 rings (SSSR count). The van der Waals surface area contributed by atoms with E-state index >= 15 is 0 Å². The summed E-state index contributed by atoms with van der Waals surface area (Å²) in [6.45, 7) is 6.66. The van der Waals surface area contributed by atoms with Crippen LogP contribution in [0.4, 0.5) is 4.79 Å². The lowest BCUT2D eigenvalue weighted by Gasteiger charge is -2.20. The molecule has 1 aliphatic heterocycles. The normalized spacial score (nSPS) is 15.9. The third-order valence-electron chi connectivity index (χ3n) is 4.44. The average Bonchev–Trinajstić information content (AvgIpc) is 3.08. The Kier molecular flexibility index (Phi) is 7.99. The van der Waals surface area contributed by atoms with Gasteiger partial charge in [0, 0.05) is 37.7 Å². The maximum absolute atomic E-state index is 12.2. The van der Waals surface area contributed by atoms with Crippen LogP contribution in [0.5, 0.6) is 5.75 Å². The second kappa shape index (κ2) is 10.4. The summed E-state index contributed by atoms with van der Waals surface area (Å²) in [7, 11) is 0. The number of amides is 3. The Labute approximate surface area is 169 Å². The molecule has 0 aliphatic carbocycles. The van der Waals surface area contributed by atoms with Gasteiger partial charge in [-0.25, -0.2) is 4.79 Å². The molecule has 1 saturated heterocycles. The number of nitrogens with one attached hydrogen (secondary N) is 2.